The second kappa shape index (κ2) is 5.26. The molecule has 0 fully saturated rings. The first-order valence-electron chi connectivity index (χ1n) is 6.94. The molecule has 0 bridgehead atoms. The third-order valence-corrected chi connectivity index (χ3v) is 4.61. The standard InChI is InChI=1S/C16H12ClN3OS/c1-2-9-3-5-13-11(7-9)18-15(21-13)20-16-19-12-8-10(17)4-6-14(12)22-16/h3-8H,2H2,1H3,(H,18,19,20). The quantitative estimate of drug-likeness (QED) is 0.547. The molecule has 0 aliphatic rings. The number of rotatable bonds is 3. The number of fused-ring (bicyclic) bond motifs is 2. The number of benzene rings is 2. The van der Waals surface area contributed by atoms with E-state index in [2.05, 4.69) is 28.3 Å². The van der Waals surface area contributed by atoms with Gasteiger partial charge in [-0.15, -0.1) is 0 Å². The predicted octanol–water partition coefficient (Wildman–Crippen LogP) is 5.40. The van der Waals surface area contributed by atoms with Crippen LogP contribution in [0.2, 0.25) is 5.02 Å². The third-order valence-electron chi connectivity index (χ3n) is 3.42. The molecule has 2 aromatic heterocycles. The highest BCUT2D eigenvalue weighted by molar-refractivity contribution is 7.22. The molecule has 0 saturated heterocycles. The van der Waals surface area contributed by atoms with Gasteiger partial charge < -0.3 is 4.42 Å². The summed E-state index contributed by atoms with van der Waals surface area (Å²) >= 11 is 7.52. The van der Waals surface area contributed by atoms with Gasteiger partial charge in [0.2, 0.25) is 0 Å². The molecule has 4 aromatic rings. The summed E-state index contributed by atoms with van der Waals surface area (Å²) in [4.78, 5) is 8.96. The lowest BCUT2D eigenvalue weighted by atomic mass is 10.1. The Morgan fingerprint density at radius 2 is 2.05 bits per heavy atom. The fourth-order valence-corrected chi connectivity index (χ4v) is 3.29. The largest absolute Gasteiger partial charge is 0.423 e. The molecule has 4 rings (SSSR count). The number of hydrogen-bond donors (Lipinski definition) is 1. The molecule has 0 unspecified atom stereocenters. The lowest BCUT2D eigenvalue weighted by molar-refractivity contribution is 0.623. The molecule has 0 atom stereocenters. The van der Waals surface area contributed by atoms with E-state index in [1.807, 2.05) is 30.3 Å². The molecule has 0 amide bonds. The van der Waals surface area contributed by atoms with Gasteiger partial charge in [-0.05, 0) is 42.3 Å². The van der Waals surface area contributed by atoms with Gasteiger partial charge in [-0.3, -0.25) is 5.32 Å². The first kappa shape index (κ1) is 13.5. The lowest BCUT2D eigenvalue weighted by Gasteiger charge is -1.93. The number of aryl methyl sites for hydroxylation is 1. The van der Waals surface area contributed by atoms with Gasteiger partial charge in [-0.1, -0.05) is 35.9 Å². The minimum atomic E-state index is 0.452. The summed E-state index contributed by atoms with van der Waals surface area (Å²) in [6.45, 7) is 2.12. The van der Waals surface area contributed by atoms with Crippen LogP contribution in [0, 0.1) is 0 Å². The highest BCUT2D eigenvalue weighted by Gasteiger charge is 2.10. The van der Waals surface area contributed by atoms with E-state index in [-0.39, 0.29) is 0 Å². The first-order chi connectivity index (χ1) is 10.7. The van der Waals surface area contributed by atoms with Crippen molar-refractivity contribution in [2.24, 2.45) is 0 Å². The predicted molar refractivity (Wildman–Crippen MR) is 91.3 cm³/mol. The number of halogens is 1. The molecule has 0 spiro atoms. The molecule has 0 aliphatic heterocycles. The van der Waals surface area contributed by atoms with Crippen LogP contribution in [0.4, 0.5) is 11.1 Å². The zero-order valence-electron chi connectivity index (χ0n) is 11.8. The summed E-state index contributed by atoms with van der Waals surface area (Å²) in [5.74, 6) is 0. The van der Waals surface area contributed by atoms with Crippen molar-refractivity contribution in [2.75, 3.05) is 5.32 Å². The van der Waals surface area contributed by atoms with E-state index in [4.69, 9.17) is 16.0 Å². The van der Waals surface area contributed by atoms with Crippen LogP contribution in [0.15, 0.2) is 40.8 Å². The fourth-order valence-electron chi connectivity index (χ4n) is 2.29. The zero-order chi connectivity index (χ0) is 15.1. The topological polar surface area (TPSA) is 51.0 Å². The Bertz CT molecular complexity index is 976. The first-order valence-corrected chi connectivity index (χ1v) is 8.13. The van der Waals surface area contributed by atoms with Crippen molar-refractivity contribution in [3.05, 3.63) is 47.0 Å². The Hall–Kier alpha value is -2.11. The average molecular weight is 330 g/mol. The summed E-state index contributed by atoms with van der Waals surface area (Å²) in [6.07, 6.45) is 0.976. The molecular weight excluding hydrogens is 318 g/mol. The van der Waals surface area contributed by atoms with Gasteiger partial charge >= 0.3 is 6.01 Å². The minimum absolute atomic E-state index is 0.452. The molecule has 2 heterocycles. The van der Waals surface area contributed by atoms with Gasteiger partial charge in [-0.2, -0.15) is 4.98 Å². The van der Waals surface area contributed by atoms with E-state index < -0.39 is 0 Å². The van der Waals surface area contributed by atoms with Crippen molar-refractivity contribution >= 4 is 55.4 Å². The van der Waals surface area contributed by atoms with Crippen LogP contribution in [0.5, 0.6) is 0 Å². The molecule has 0 saturated carbocycles. The van der Waals surface area contributed by atoms with E-state index >= 15 is 0 Å². The maximum absolute atomic E-state index is 5.98. The van der Waals surface area contributed by atoms with Crippen LogP contribution in [0.3, 0.4) is 0 Å². The second-order valence-electron chi connectivity index (χ2n) is 4.93. The van der Waals surface area contributed by atoms with Crippen LogP contribution < -0.4 is 5.32 Å². The number of oxazole rings is 1. The summed E-state index contributed by atoms with van der Waals surface area (Å²) in [6, 6.07) is 12.2. The van der Waals surface area contributed by atoms with E-state index in [9.17, 15) is 0 Å². The summed E-state index contributed by atoms with van der Waals surface area (Å²) in [5.41, 5.74) is 3.72. The summed E-state index contributed by atoms with van der Waals surface area (Å²) in [7, 11) is 0. The number of nitrogens with zero attached hydrogens (tertiary/aromatic N) is 2. The Balaban J connectivity index is 1.69. The van der Waals surface area contributed by atoms with Crippen molar-refractivity contribution in [1.29, 1.82) is 0 Å². The van der Waals surface area contributed by atoms with E-state index in [1.54, 1.807) is 0 Å². The molecule has 2 aromatic carbocycles. The Morgan fingerprint density at radius 3 is 2.91 bits per heavy atom. The van der Waals surface area contributed by atoms with E-state index in [0.29, 0.717) is 11.0 Å². The number of nitrogens with one attached hydrogen (secondary N) is 1. The third kappa shape index (κ3) is 2.42. The molecule has 22 heavy (non-hydrogen) atoms. The fraction of sp³-hybridized carbons (Fsp3) is 0.125. The highest BCUT2D eigenvalue weighted by Crippen LogP contribution is 2.30. The number of anilines is 2. The normalized spacial score (nSPS) is 11.4. The van der Waals surface area contributed by atoms with Crippen molar-refractivity contribution in [1.82, 2.24) is 9.97 Å². The molecule has 6 heteroatoms. The summed E-state index contributed by atoms with van der Waals surface area (Å²) < 4.78 is 6.78. The molecule has 4 nitrogen and oxygen atoms in total. The van der Waals surface area contributed by atoms with Gasteiger partial charge in [0.05, 0.1) is 10.2 Å². The van der Waals surface area contributed by atoms with Crippen molar-refractivity contribution in [2.45, 2.75) is 13.3 Å². The molecular formula is C16H12ClN3OS. The Labute approximate surface area is 135 Å². The number of thiazole rings is 1. The molecule has 0 radical (unpaired) electrons. The maximum Gasteiger partial charge on any atom is 0.302 e. The van der Waals surface area contributed by atoms with E-state index in [0.717, 1.165) is 32.9 Å². The monoisotopic (exact) mass is 329 g/mol. The van der Waals surface area contributed by atoms with E-state index in [1.165, 1.54) is 16.9 Å². The number of hydrogen-bond acceptors (Lipinski definition) is 5. The Kier molecular flexibility index (Phi) is 3.24. The molecule has 0 aliphatic carbocycles. The maximum atomic E-state index is 5.98. The lowest BCUT2D eigenvalue weighted by Crippen LogP contribution is -1.88. The van der Waals surface area contributed by atoms with Gasteiger partial charge in [0, 0.05) is 5.02 Å². The SMILES string of the molecule is CCc1ccc2oc(Nc3nc4cc(Cl)ccc4s3)nc2c1. The smallest absolute Gasteiger partial charge is 0.302 e. The number of aromatic nitrogens is 2. The van der Waals surface area contributed by atoms with Crippen molar-refractivity contribution in [3.8, 4) is 0 Å². The van der Waals surface area contributed by atoms with Gasteiger partial charge in [0.25, 0.3) is 0 Å². The van der Waals surface area contributed by atoms with Gasteiger partial charge in [-0.25, -0.2) is 4.98 Å². The van der Waals surface area contributed by atoms with Crippen LogP contribution in [-0.4, -0.2) is 9.97 Å². The van der Waals surface area contributed by atoms with Crippen molar-refractivity contribution < 1.29 is 4.42 Å². The van der Waals surface area contributed by atoms with Crippen LogP contribution in [0.1, 0.15) is 12.5 Å². The van der Waals surface area contributed by atoms with Gasteiger partial charge in [0.15, 0.2) is 10.7 Å². The zero-order valence-corrected chi connectivity index (χ0v) is 13.3. The highest BCUT2D eigenvalue weighted by atomic mass is 35.5. The molecule has 1 N–H and O–H groups in total. The molecule has 110 valence electrons. The van der Waals surface area contributed by atoms with Crippen LogP contribution >= 0.6 is 22.9 Å². The second-order valence-corrected chi connectivity index (χ2v) is 6.40. The minimum Gasteiger partial charge on any atom is -0.423 e. The van der Waals surface area contributed by atoms with Crippen LogP contribution in [0.25, 0.3) is 21.3 Å². The Morgan fingerprint density at radius 1 is 1.14 bits per heavy atom. The average Bonchev–Trinajstić information content (AvgIpc) is 3.08. The van der Waals surface area contributed by atoms with Crippen molar-refractivity contribution in [3.63, 3.8) is 0 Å². The van der Waals surface area contributed by atoms with Crippen LogP contribution in [-0.2, 0) is 6.42 Å². The van der Waals surface area contributed by atoms with Gasteiger partial charge in [0.1, 0.15) is 5.52 Å². The summed E-state index contributed by atoms with van der Waals surface area (Å²) in [5, 5.41) is 4.54.